The summed E-state index contributed by atoms with van der Waals surface area (Å²) in [4.78, 5) is 4.48. The molecule has 0 radical (unpaired) electrons. The Hall–Kier alpha value is -2.07. The van der Waals surface area contributed by atoms with Crippen molar-refractivity contribution < 1.29 is 0 Å². The Morgan fingerprint density at radius 2 is 1.89 bits per heavy atom. The van der Waals surface area contributed by atoms with E-state index in [4.69, 9.17) is 5.84 Å². The average Bonchev–Trinajstić information content (AvgIpc) is 3.22. The van der Waals surface area contributed by atoms with Gasteiger partial charge in [-0.2, -0.15) is 0 Å². The molecule has 4 nitrogen and oxygen atoms in total. The van der Waals surface area contributed by atoms with Gasteiger partial charge in [-0.3, -0.25) is 5.43 Å². The Bertz CT molecular complexity index is 582. The molecule has 0 unspecified atom stereocenters. The number of benzene rings is 2. The molecule has 4 N–H and O–H groups in total. The van der Waals surface area contributed by atoms with Gasteiger partial charge in [0.25, 0.3) is 0 Å². The molecule has 2 aromatic carbocycles. The van der Waals surface area contributed by atoms with Crippen LogP contribution in [0.4, 0.5) is 5.69 Å². The third-order valence-electron chi connectivity index (χ3n) is 3.04. The van der Waals surface area contributed by atoms with Crippen molar-refractivity contribution in [2.45, 2.75) is 18.9 Å². The minimum atomic E-state index is 0.429. The summed E-state index contributed by atoms with van der Waals surface area (Å²) in [6.07, 6.45) is 2.31. The first-order valence-corrected chi connectivity index (χ1v) is 6.16. The van der Waals surface area contributed by atoms with Crippen LogP contribution in [0, 0.1) is 0 Å². The topological polar surface area (TPSA) is 62.4 Å². The molecule has 1 aliphatic rings. The molecule has 0 aromatic heterocycles. The first kappa shape index (κ1) is 11.0. The van der Waals surface area contributed by atoms with Gasteiger partial charge in [0.2, 0.25) is 5.96 Å². The molecule has 18 heavy (non-hydrogen) atoms. The molecule has 0 amide bonds. The summed E-state index contributed by atoms with van der Waals surface area (Å²) in [7, 11) is 0. The lowest BCUT2D eigenvalue weighted by Gasteiger charge is -2.11. The summed E-state index contributed by atoms with van der Waals surface area (Å²) in [5.74, 6) is 6.13. The fraction of sp³-hybridized carbons (Fsp3) is 0.214. The van der Waals surface area contributed by atoms with E-state index in [9.17, 15) is 0 Å². The van der Waals surface area contributed by atoms with Gasteiger partial charge in [-0.05, 0) is 24.3 Å². The van der Waals surface area contributed by atoms with Crippen molar-refractivity contribution in [2.75, 3.05) is 5.32 Å². The average molecular weight is 240 g/mol. The van der Waals surface area contributed by atoms with Crippen molar-refractivity contribution in [3.8, 4) is 0 Å². The Morgan fingerprint density at radius 3 is 2.67 bits per heavy atom. The Labute approximate surface area is 106 Å². The highest BCUT2D eigenvalue weighted by Gasteiger charge is 2.21. The zero-order chi connectivity index (χ0) is 12.4. The van der Waals surface area contributed by atoms with Gasteiger partial charge >= 0.3 is 0 Å². The normalized spacial score (nSPS) is 15.7. The van der Waals surface area contributed by atoms with Crippen LogP contribution in [0.2, 0.25) is 0 Å². The second-order valence-electron chi connectivity index (χ2n) is 4.50. The molecule has 0 atom stereocenters. The summed E-state index contributed by atoms with van der Waals surface area (Å²) in [5.41, 5.74) is 3.64. The molecule has 0 aliphatic heterocycles. The van der Waals surface area contributed by atoms with E-state index >= 15 is 0 Å². The van der Waals surface area contributed by atoms with Crippen LogP contribution in [0.5, 0.6) is 0 Å². The number of nitrogens with zero attached hydrogens (tertiary/aromatic N) is 1. The predicted octanol–water partition coefficient (Wildman–Crippen LogP) is 2.23. The molecule has 1 saturated carbocycles. The SMILES string of the molecule is NNC(=NC1CC1)Nc1cccc2ccccc12. The zero-order valence-electron chi connectivity index (χ0n) is 10.1. The molecule has 92 valence electrons. The van der Waals surface area contributed by atoms with Gasteiger partial charge in [0, 0.05) is 11.1 Å². The van der Waals surface area contributed by atoms with E-state index in [-0.39, 0.29) is 0 Å². The van der Waals surface area contributed by atoms with Crippen LogP contribution in [-0.4, -0.2) is 12.0 Å². The summed E-state index contributed by atoms with van der Waals surface area (Å²) in [5, 5.41) is 5.62. The van der Waals surface area contributed by atoms with Gasteiger partial charge < -0.3 is 5.32 Å². The van der Waals surface area contributed by atoms with E-state index in [1.165, 1.54) is 10.8 Å². The fourth-order valence-corrected chi connectivity index (χ4v) is 1.95. The summed E-state index contributed by atoms with van der Waals surface area (Å²) >= 11 is 0. The van der Waals surface area contributed by atoms with E-state index in [2.05, 4.69) is 33.9 Å². The third-order valence-corrected chi connectivity index (χ3v) is 3.04. The van der Waals surface area contributed by atoms with Crippen molar-refractivity contribution >= 4 is 22.4 Å². The molecule has 0 spiro atoms. The van der Waals surface area contributed by atoms with Gasteiger partial charge in [-0.15, -0.1) is 0 Å². The summed E-state index contributed by atoms with van der Waals surface area (Å²) < 4.78 is 0. The van der Waals surface area contributed by atoms with Crippen molar-refractivity contribution in [3.63, 3.8) is 0 Å². The lowest BCUT2D eigenvalue weighted by Crippen LogP contribution is -2.36. The maximum Gasteiger partial charge on any atom is 0.210 e. The first-order valence-electron chi connectivity index (χ1n) is 6.16. The number of nitrogens with one attached hydrogen (secondary N) is 2. The predicted molar refractivity (Wildman–Crippen MR) is 75.4 cm³/mol. The van der Waals surface area contributed by atoms with Crippen LogP contribution in [-0.2, 0) is 0 Å². The molecule has 1 fully saturated rings. The highest BCUT2D eigenvalue weighted by Crippen LogP contribution is 2.25. The van der Waals surface area contributed by atoms with Crippen LogP contribution in [0.3, 0.4) is 0 Å². The standard InChI is InChI=1S/C14H16N4/c15-18-14(16-11-8-9-11)17-13-7-3-5-10-4-1-2-6-12(10)13/h1-7,11H,8-9,15H2,(H2,16,17,18). The van der Waals surface area contributed by atoms with Crippen molar-refractivity contribution in [2.24, 2.45) is 10.8 Å². The number of hydrogen-bond acceptors (Lipinski definition) is 2. The van der Waals surface area contributed by atoms with E-state index < -0.39 is 0 Å². The molecule has 0 heterocycles. The van der Waals surface area contributed by atoms with Crippen molar-refractivity contribution in [1.82, 2.24) is 5.43 Å². The first-order chi connectivity index (χ1) is 8.86. The van der Waals surface area contributed by atoms with Crippen LogP contribution in [0.15, 0.2) is 47.5 Å². The van der Waals surface area contributed by atoms with Gasteiger partial charge in [-0.1, -0.05) is 36.4 Å². The number of nitrogens with two attached hydrogens (primary N) is 1. The Kier molecular flexibility index (Phi) is 2.86. The van der Waals surface area contributed by atoms with Crippen LogP contribution < -0.4 is 16.6 Å². The van der Waals surface area contributed by atoms with E-state index in [0.717, 1.165) is 18.5 Å². The second-order valence-corrected chi connectivity index (χ2v) is 4.50. The number of guanidine groups is 1. The van der Waals surface area contributed by atoms with Crippen molar-refractivity contribution in [3.05, 3.63) is 42.5 Å². The van der Waals surface area contributed by atoms with Gasteiger partial charge in [0.15, 0.2) is 0 Å². The maximum absolute atomic E-state index is 5.50. The number of anilines is 1. The van der Waals surface area contributed by atoms with Gasteiger partial charge in [0.05, 0.1) is 6.04 Å². The molecule has 1 aliphatic carbocycles. The van der Waals surface area contributed by atoms with Crippen molar-refractivity contribution in [1.29, 1.82) is 0 Å². The fourth-order valence-electron chi connectivity index (χ4n) is 1.95. The number of fused-ring (bicyclic) bond motifs is 1. The Balaban J connectivity index is 1.93. The highest BCUT2D eigenvalue weighted by atomic mass is 15.3. The van der Waals surface area contributed by atoms with Crippen LogP contribution in [0.1, 0.15) is 12.8 Å². The molecule has 0 saturated heterocycles. The zero-order valence-corrected chi connectivity index (χ0v) is 10.1. The molecular formula is C14H16N4. The largest absolute Gasteiger partial charge is 0.325 e. The Morgan fingerprint density at radius 1 is 1.11 bits per heavy atom. The van der Waals surface area contributed by atoms with Gasteiger partial charge in [-0.25, -0.2) is 10.8 Å². The second kappa shape index (κ2) is 4.66. The van der Waals surface area contributed by atoms with Crippen LogP contribution in [0.25, 0.3) is 10.8 Å². The number of rotatable bonds is 2. The maximum atomic E-state index is 5.50. The lowest BCUT2D eigenvalue weighted by atomic mass is 10.1. The smallest absolute Gasteiger partial charge is 0.210 e. The molecule has 2 aromatic rings. The lowest BCUT2D eigenvalue weighted by molar-refractivity contribution is 0.966. The molecule has 4 heteroatoms. The number of hydrogen-bond donors (Lipinski definition) is 3. The summed E-state index contributed by atoms with van der Waals surface area (Å²) in [6, 6.07) is 14.8. The highest BCUT2D eigenvalue weighted by molar-refractivity contribution is 6.03. The third kappa shape index (κ3) is 2.28. The van der Waals surface area contributed by atoms with Crippen LogP contribution >= 0.6 is 0 Å². The summed E-state index contributed by atoms with van der Waals surface area (Å²) in [6.45, 7) is 0. The minimum Gasteiger partial charge on any atom is -0.325 e. The monoisotopic (exact) mass is 240 g/mol. The quantitative estimate of drug-likeness (QED) is 0.326. The number of hydrazine groups is 1. The van der Waals surface area contributed by atoms with E-state index in [1.54, 1.807) is 0 Å². The van der Waals surface area contributed by atoms with E-state index in [1.807, 2.05) is 24.3 Å². The van der Waals surface area contributed by atoms with Gasteiger partial charge in [0.1, 0.15) is 0 Å². The van der Waals surface area contributed by atoms with E-state index in [0.29, 0.717) is 12.0 Å². The number of aliphatic imine (C=N–C) groups is 1. The molecule has 3 rings (SSSR count). The molecule has 0 bridgehead atoms. The molecular weight excluding hydrogens is 224 g/mol. The minimum absolute atomic E-state index is 0.429.